The maximum absolute atomic E-state index is 4.46. The molecular weight excluding hydrogens is 421 g/mol. The monoisotopic (exact) mass is 451 g/mol. The van der Waals surface area contributed by atoms with Crippen LogP contribution < -0.4 is 10.6 Å². The average Bonchev–Trinajstić information content (AvgIpc) is 2.77. The summed E-state index contributed by atoms with van der Waals surface area (Å²) in [5, 5.41) is 12.3. The van der Waals surface area contributed by atoms with Crippen LogP contribution in [0.1, 0.15) is 42.6 Å². The number of aliphatic imine (C=N–C) groups is 1. The molecule has 2 rings (SSSR count). The molecule has 1 aromatic rings. The highest BCUT2D eigenvalue weighted by atomic mass is 127. The Morgan fingerprint density at radius 3 is 2.70 bits per heavy atom. The van der Waals surface area contributed by atoms with Gasteiger partial charge >= 0.3 is 0 Å². The first-order valence-electron chi connectivity index (χ1n) is 8.04. The number of nitrogens with one attached hydrogen (secondary N) is 2. The van der Waals surface area contributed by atoms with Crippen LogP contribution in [-0.2, 0) is 13.6 Å². The summed E-state index contributed by atoms with van der Waals surface area (Å²) in [6.45, 7) is 4.94. The number of nitrogens with zero attached hydrogens (tertiary/aromatic N) is 3. The standard InChI is InChI=1S/C16H29N5S.HI/c1-11-15(12(2)21(4)20-11)10-18-16(17-3)19-13-7-6-8-14(9-13)22-5;/h13-14H,6-10H2,1-5H3,(H2,17,18,19);1H. The van der Waals surface area contributed by atoms with Gasteiger partial charge < -0.3 is 10.6 Å². The highest BCUT2D eigenvalue weighted by Gasteiger charge is 2.22. The first-order valence-corrected chi connectivity index (χ1v) is 9.33. The van der Waals surface area contributed by atoms with E-state index in [4.69, 9.17) is 0 Å². The quantitative estimate of drug-likeness (QED) is 0.420. The fourth-order valence-corrected chi connectivity index (χ4v) is 3.95. The third kappa shape index (κ3) is 5.55. The van der Waals surface area contributed by atoms with Crippen molar-refractivity contribution in [3.63, 3.8) is 0 Å². The minimum absolute atomic E-state index is 0. The predicted octanol–water partition coefficient (Wildman–Crippen LogP) is 2.99. The van der Waals surface area contributed by atoms with E-state index in [1.54, 1.807) is 0 Å². The lowest BCUT2D eigenvalue weighted by Gasteiger charge is -2.29. The van der Waals surface area contributed by atoms with Crippen molar-refractivity contribution in [3.05, 3.63) is 17.0 Å². The first kappa shape index (κ1) is 20.6. The first-order chi connectivity index (χ1) is 10.5. The van der Waals surface area contributed by atoms with E-state index in [2.05, 4.69) is 40.8 Å². The van der Waals surface area contributed by atoms with Crippen LogP contribution in [0.3, 0.4) is 0 Å². The zero-order chi connectivity index (χ0) is 16.1. The lowest BCUT2D eigenvalue weighted by molar-refractivity contribution is 0.419. The minimum atomic E-state index is 0. The molecule has 0 spiro atoms. The van der Waals surface area contributed by atoms with Crippen molar-refractivity contribution in [2.24, 2.45) is 12.0 Å². The molecule has 0 saturated heterocycles. The normalized spacial score (nSPS) is 21.7. The molecule has 132 valence electrons. The van der Waals surface area contributed by atoms with E-state index >= 15 is 0 Å². The van der Waals surface area contributed by atoms with E-state index in [-0.39, 0.29) is 24.0 Å². The molecule has 1 saturated carbocycles. The molecule has 1 aromatic heterocycles. The molecule has 0 aromatic carbocycles. The van der Waals surface area contributed by atoms with E-state index in [0.29, 0.717) is 6.04 Å². The average molecular weight is 451 g/mol. The molecule has 0 amide bonds. The fraction of sp³-hybridized carbons (Fsp3) is 0.750. The smallest absolute Gasteiger partial charge is 0.191 e. The van der Waals surface area contributed by atoms with Gasteiger partial charge in [0.25, 0.3) is 0 Å². The van der Waals surface area contributed by atoms with E-state index in [1.165, 1.54) is 36.9 Å². The Balaban J connectivity index is 0.00000264. The lowest BCUT2D eigenvalue weighted by Crippen LogP contribution is -2.45. The van der Waals surface area contributed by atoms with Crippen LogP contribution >= 0.6 is 35.7 Å². The van der Waals surface area contributed by atoms with Gasteiger partial charge in [-0.25, -0.2) is 0 Å². The second-order valence-electron chi connectivity index (χ2n) is 6.06. The van der Waals surface area contributed by atoms with Gasteiger partial charge in [-0.1, -0.05) is 6.42 Å². The van der Waals surface area contributed by atoms with Crippen LogP contribution in [0.5, 0.6) is 0 Å². The van der Waals surface area contributed by atoms with Crippen LogP contribution in [0.4, 0.5) is 0 Å². The number of guanidine groups is 1. The molecular formula is C16H30IN5S. The van der Waals surface area contributed by atoms with Gasteiger partial charge in [0.2, 0.25) is 0 Å². The van der Waals surface area contributed by atoms with Gasteiger partial charge in [0.1, 0.15) is 0 Å². The molecule has 1 fully saturated rings. The molecule has 2 atom stereocenters. The van der Waals surface area contributed by atoms with Crippen molar-refractivity contribution in [2.75, 3.05) is 13.3 Å². The van der Waals surface area contributed by atoms with E-state index in [0.717, 1.165) is 23.4 Å². The minimum Gasteiger partial charge on any atom is -0.354 e. The predicted molar refractivity (Wildman–Crippen MR) is 111 cm³/mol. The summed E-state index contributed by atoms with van der Waals surface area (Å²) in [5.41, 5.74) is 3.56. The Bertz CT molecular complexity index is 529. The second-order valence-corrected chi connectivity index (χ2v) is 7.20. The molecule has 2 unspecified atom stereocenters. The fourth-order valence-electron chi connectivity index (χ4n) is 3.12. The van der Waals surface area contributed by atoms with Crippen LogP contribution in [0.25, 0.3) is 0 Å². The van der Waals surface area contributed by atoms with Gasteiger partial charge in [-0.05, 0) is 39.4 Å². The van der Waals surface area contributed by atoms with Crippen molar-refractivity contribution in [3.8, 4) is 0 Å². The SMILES string of the molecule is CN=C(NCc1c(C)nn(C)c1C)NC1CCCC(SC)C1.I. The largest absolute Gasteiger partial charge is 0.354 e. The van der Waals surface area contributed by atoms with Crippen molar-refractivity contribution in [2.45, 2.75) is 57.4 Å². The van der Waals surface area contributed by atoms with Crippen LogP contribution in [0.2, 0.25) is 0 Å². The maximum atomic E-state index is 4.46. The van der Waals surface area contributed by atoms with Gasteiger partial charge in [-0.3, -0.25) is 9.67 Å². The van der Waals surface area contributed by atoms with E-state index < -0.39 is 0 Å². The number of hydrogen-bond acceptors (Lipinski definition) is 3. The van der Waals surface area contributed by atoms with Gasteiger partial charge in [-0.15, -0.1) is 24.0 Å². The van der Waals surface area contributed by atoms with E-state index in [9.17, 15) is 0 Å². The van der Waals surface area contributed by atoms with Gasteiger partial charge in [0, 0.05) is 43.2 Å². The van der Waals surface area contributed by atoms with Gasteiger partial charge in [0.05, 0.1) is 5.69 Å². The Morgan fingerprint density at radius 2 is 2.13 bits per heavy atom. The Kier molecular flexibility index (Phi) is 8.74. The summed E-state index contributed by atoms with van der Waals surface area (Å²) in [4.78, 5) is 4.37. The summed E-state index contributed by atoms with van der Waals surface area (Å²) in [5.74, 6) is 0.898. The van der Waals surface area contributed by atoms with Gasteiger partial charge in [0.15, 0.2) is 5.96 Å². The molecule has 0 aliphatic heterocycles. The molecule has 2 N–H and O–H groups in total. The zero-order valence-electron chi connectivity index (χ0n) is 14.8. The van der Waals surface area contributed by atoms with Crippen LogP contribution in [0.15, 0.2) is 4.99 Å². The Labute approximate surface area is 161 Å². The highest BCUT2D eigenvalue weighted by molar-refractivity contribution is 14.0. The van der Waals surface area contributed by atoms with Crippen molar-refractivity contribution in [1.29, 1.82) is 0 Å². The van der Waals surface area contributed by atoms with Crippen LogP contribution in [-0.4, -0.2) is 40.3 Å². The number of halogens is 1. The molecule has 7 heteroatoms. The Morgan fingerprint density at radius 1 is 1.39 bits per heavy atom. The Hall–Kier alpha value is -0.440. The topological polar surface area (TPSA) is 54.2 Å². The highest BCUT2D eigenvalue weighted by Crippen LogP contribution is 2.26. The summed E-state index contributed by atoms with van der Waals surface area (Å²) in [6.07, 6.45) is 7.34. The number of aryl methyl sites for hydroxylation is 2. The molecule has 5 nitrogen and oxygen atoms in total. The number of hydrogen-bond donors (Lipinski definition) is 2. The third-order valence-corrected chi connectivity index (χ3v) is 5.71. The molecule has 1 heterocycles. The van der Waals surface area contributed by atoms with Crippen molar-refractivity contribution >= 4 is 41.7 Å². The second kappa shape index (κ2) is 9.76. The maximum Gasteiger partial charge on any atom is 0.191 e. The van der Waals surface area contributed by atoms with Gasteiger partial charge in [-0.2, -0.15) is 16.9 Å². The van der Waals surface area contributed by atoms with Crippen molar-refractivity contribution in [1.82, 2.24) is 20.4 Å². The summed E-state index contributed by atoms with van der Waals surface area (Å²) >= 11 is 1.99. The van der Waals surface area contributed by atoms with Crippen LogP contribution in [0, 0.1) is 13.8 Å². The zero-order valence-corrected chi connectivity index (χ0v) is 18.0. The third-order valence-electron chi connectivity index (χ3n) is 4.62. The number of rotatable bonds is 4. The number of aromatic nitrogens is 2. The molecule has 0 radical (unpaired) electrons. The van der Waals surface area contributed by atoms with E-state index in [1.807, 2.05) is 30.5 Å². The molecule has 23 heavy (non-hydrogen) atoms. The summed E-state index contributed by atoms with van der Waals surface area (Å²) < 4.78 is 1.94. The van der Waals surface area contributed by atoms with Crippen molar-refractivity contribution < 1.29 is 0 Å². The summed E-state index contributed by atoms with van der Waals surface area (Å²) in [6, 6.07) is 0.536. The molecule has 0 bridgehead atoms. The molecule has 1 aliphatic carbocycles. The summed E-state index contributed by atoms with van der Waals surface area (Å²) in [7, 11) is 3.83. The molecule has 1 aliphatic rings. The lowest BCUT2D eigenvalue weighted by atomic mass is 9.95. The number of thioether (sulfide) groups is 1.